The average Bonchev–Trinajstić information content (AvgIpc) is 2.32. The molecule has 0 bridgehead atoms. The lowest BCUT2D eigenvalue weighted by atomic mass is 9.61. The molecule has 0 unspecified atom stereocenters. The smallest absolute Gasteiger partial charge is 0.236 e. The Balaban J connectivity index is 2.10. The summed E-state index contributed by atoms with van der Waals surface area (Å²) in [5, 5.41) is 12.1. The molecule has 0 aromatic heterocycles. The van der Waals surface area contributed by atoms with Gasteiger partial charge in [-0.2, -0.15) is 0 Å². The maximum Gasteiger partial charge on any atom is 0.236 e. The Bertz CT molecular complexity index is 354. The van der Waals surface area contributed by atoms with Crippen LogP contribution in [0.4, 0.5) is 0 Å². The van der Waals surface area contributed by atoms with E-state index >= 15 is 0 Å². The van der Waals surface area contributed by atoms with Gasteiger partial charge in [0.1, 0.15) is 5.41 Å². The van der Waals surface area contributed by atoms with Crippen LogP contribution in [0, 0.1) is 11.3 Å². The van der Waals surface area contributed by atoms with Gasteiger partial charge in [0, 0.05) is 13.1 Å². The third-order valence-electron chi connectivity index (χ3n) is 4.54. The van der Waals surface area contributed by atoms with E-state index in [2.05, 4.69) is 12.1 Å². The number of amidine groups is 1. The van der Waals surface area contributed by atoms with Gasteiger partial charge in [0.2, 0.25) is 5.91 Å². The van der Waals surface area contributed by atoms with E-state index in [1.54, 1.807) is 0 Å². The van der Waals surface area contributed by atoms with Gasteiger partial charge in [-0.1, -0.05) is 31.3 Å². The Morgan fingerprint density at radius 3 is 2.21 bits per heavy atom. The van der Waals surface area contributed by atoms with Crippen LogP contribution >= 0.6 is 0 Å². The first-order chi connectivity index (χ1) is 9.10. The summed E-state index contributed by atoms with van der Waals surface area (Å²) >= 11 is 0. The van der Waals surface area contributed by atoms with Crippen LogP contribution in [0.3, 0.4) is 0 Å². The number of rotatable bonds is 2. The van der Waals surface area contributed by atoms with Crippen molar-refractivity contribution in [1.29, 1.82) is 0 Å². The van der Waals surface area contributed by atoms with Gasteiger partial charge in [-0.3, -0.25) is 4.79 Å². The quantitative estimate of drug-likeness (QED) is 0.347. The number of oxime groups is 1. The molecule has 3 N–H and O–H groups in total. The van der Waals surface area contributed by atoms with Gasteiger partial charge >= 0.3 is 0 Å². The molecule has 5 heteroatoms. The Hall–Kier alpha value is -1.26. The highest BCUT2D eigenvalue weighted by Crippen LogP contribution is 2.47. The lowest BCUT2D eigenvalue weighted by molar-refractivity contribution is -0.144. The predicted octanol–water partition coefficient (Wildman–Crippen LogP) is 1.94. The molecule has 19 heavy (non-hydrogen) atoms. The Labute approximate surface area is 114 Å². The number of carbonyl (C=O) groups excluding carboxylic acids is 1. The van der Waals surface area contributed by atoms with Crippen LogP contribution in [-0.4, -0.2) is 34.9 Å². The van der Waals surface area contributed by atoms with Crippen molar-refractivity contribution >= 4 is 11.7 Å². The maximum absolute atomic E-state index is 12.8. The number of amides is 1. The van der Waals surface area contributed by atoms with Gasteiger partial charge < -0.3 is 15.8 Å². The normalized spacial score (nSPS) is 33.2. The van der Waals surface area contributed by atoms with Gasteiger partial charge in [-0.15, -0.1) is 0 Å². The molecule has 1 aliphatic heterocycles. The second kappa shape index (κ2) is 5.80. The lowest BCUT2D eigenvalue weighted by Gasteiger charge is -2.46. The van der Waals surface area contributed by atoms with Crippen molar-refractivity contribution in [3.05, 3.63) is 0 Å². The molecule has 1 heterocycles. The minimum absolute atomic E-state index is 0.0720. The van der Waals surface area contributed by atoms with Gasteiger partial charge in [0.15, 0.2) is 5.84 Å². The zero-order valence-electron chi connectivity index (χ0n) is 11.8. The topological polar surface area (TPSA) is 78.9 Å². The van der Waals surface area contributed by atoms with E-state index in [1.165, 1.54) is 19.3 Å². The third-order valence-corrected chi connectivity index (χ3v) is 4.54. The molecule has 1 amide bonds. The summed E-state index contributed by atoms with van der Waals surface area (Å²) in [4.78, 5) is 14.7. The van der Waals surface area contributed by atoms with E-state index in [0.29, 0.717) is 18.8 Å². The Kier molecular flexibility index (Phi) is 4.32. The molecule has 1 saturated heterocycles. The SMILES string of the molecule is CC1CC(C(=O)N2CCCCCCC2)(C(N)=NO)C1. The highest BCUT2D eigenvalue weighted by atomic mass is 16.4. The molecule has 2 aliphatic rings. The number of hydrogen-bond acceptors (Lipinski definition) is 3. The number of likely N-dealkylation sites (tertiary alicyclic amines) is 1. The van der Waals surface area contributed by atoms with Gasteiger partial charge in [0.25, 0.3) is 0 Å². The fourth-order valence-corrected chi connectivity index (χ4v) is 3.47. The predicted molar refractivity (Wildman–Crippen MR) is 73.9 cm³/mol. The fourth-order valence-electron chi connectivity index (χ4n) is 3.47. The van der Waals surface area contributed by atoms with E-state index in [4.69, 9.17) is 10.9 Å². The van der Waals surface area contributed by atoms with Crippen molar-refractivity contribution in [3.63, 3.8) is 0 Å². The largest absolute Gasteiger partial charge is 0.409 e. The molecule has 5 nitrogen and oxygen atoms in total. The van der Waals surface area contributed by atoms with Crippen molar-refractivity contribution in [2.45, 2.75) is 51.9 Å². The monoisotopic (exact) mass is 267 g/mol. The maximum atomic E-state index is 12.8. The first-order valence-corrected chi connectivity index (χ1v) is 7.37. The van der Waals surface area contributed by atoms with Crippen LogP contribution in [-0.2, 0) is 4.79 Å². The second-order valence-corrected chi connectivity index (χ2v) is 6.14. The molecule has 1 aliphatic carbocycles. The molecule has 2 fully saturated rings. The van der Waals surface area contributed by atoms with Gasteiger partial charge in [0.05, 0.1) is 0 Å². The standard InChI is InChI=1S/C14H25N3O2/c1-11-9-14(10-11,12(15)16-19)13(18)17-7-5-3-2-4-6-8-17/h11,19H,2-10H2,1H3,(H2,15,16). The van der Waals surface area contributed by atoms with E-state index in [9.17, 15) is 4.79 Å². The van der Waals surface area contributed by atoms with Gasteiger partial charge in [-0.05, 0) is 31.6 Å². The molecular formula is C14H25N3O2. The van der Waals surface area contributed by atoms with Crippen LogP contribution in [0.1, 0.15) is 51.9 Å². The highest BCUT2D eigenvalue weighted by molar-refractivity contribution is 6.07. The van der Waals surface area contributed by atoms with E-state index in [0.717, 1.165) is 25.9 Å². The van der Waals surface area contributed by atoms with Crippen molar-refractivity contribution < 1.29 is 10.0 Å². The minimum Gasteiger partial charge on any atom is -0.409 e. The first kappa shape index (κ1) is 14.2. The molecule has 0 aromatic rings. The molecule has 0 radical (unpaired) electrons. The van der Waals surface area contributed by atoms with E-state index in [1.807, 2.05) is 4.90 Å². The number of nitrogens with zero attached hydrogens (tertiary/aromatic N) is 2. The van der Waals surface area contributed by atoms with Crippen LogP contribution < -0.4 is 5.73 Å². The van der Waals surface area contributed by atoms with Crippen molar-refractivity contribution in [1.82, 2.24) is 4.90 Å². The van der Waals surface area contributed by atoms with Gasteiger partial charge in [-0.25, -0.2) is 0 Å². The molecule has 2 rings (SSSR count). The zero-order valence-corrected chi connectivity index (χ0v) is 11.8. The summed E-state index contributed by atoms with van der Waals surface area (Å²) in [6, 6.07) is 0. The van der Waals surface area contributed by atoms with Crippen molar-refractivity contribution in [2.75, 3.05) is 13.1 Å². The van der Waals surface area contributed by atoms with Crippen LogP contribution in [0.5, 0.6) is 0 Å². The first-order valence-electron chi connectivity index (χ1n) is 7.37. The highest BCUT2D eigenvalue weighted by Gasteiger charge is 2.53. The third kappa shape index (κ3) is 2.69. The number of nitrogens with two attached hydrogens (primary N) is 1. The fraction of sp³-hybridized carbons (Fsp3) is 0.857. The average molecular weight is 267 g/mol. The minimum atomic E-state index is -0.729. The zero-order chi connectivity index (χ0) is 13.9. The van der Waals surface area contributed by atoms with E-state index < -0.39 is 5.41 Å². The summed E-state index contributed by atoms with van der Waals surface area (Å²) in [6.07, 6.45) is 7.19. The van der Waals surface area contributed by atoms with Crippen molar-refractivity contribution in [2.24, 2.45) is 22.2 Å². The number of hydrogen-bond donors (Lipinski definition) is 2. The summed E-state index contributed by atoms with van der Waals surface area (Å²) in [5.41, 5.74) is 5.08. The summed E-state index contributed by atoms with van der Waals surface area (Å²) in [5.74, 6) is 0.638. The molecule has 0 spiro atoms. The van der Waals surface area contributed by atoms with Crippen molar-refractivity contribution in [3.8, 4) is 0 Å². The molecular weight excluding hydrogens is 242 g/mol. The summed E-state index contributed by atoms with van der Waals surface area (Å²) < 4.78 is 0. The number of carbonyl (C=O) groups is 1. The van der Waals surface area contributed by atoms with Crippen LogP contribution in [0.15, 0.2) is 5.16 Å². The summed E-state index contributed by atoms with van der Waals surface area (Å²) in [7, 11) is 0. The molecule has 108 valence electrons. The lowest BCUT2D eigenvalue weighted by Crippen LogP contribution is -2.58. The molecule has 0 aromatic carbocycles. The van der Waals surface area contributed by atoms with E-state index in [-0.39, 0.29) is 11.7 Å². The Morgan fingerprint density at radius 2 is 1.74 bits per heavy atom. The second-order valence-electron chi connectivity index (χ2n) is 6.14. The Morgan fingerprint density at radius 1 is 1.21 bits per heavy atom. The molecule has 1 saturated carbocycles. The van der Waals surface area contributed by atoms with Crippen LogP contribution in [0.25, 0.3) is 0 Å². The summed E-state index contributed by atoms with van der Waals surface area (Å²) in [6.45, 7) is 3.73. The molecule has 0 atom stereocenters. The van der Waals surface area contributed by atoms with Crippen LogP contribution in [0.2, 0.25) is 0 Å².